The predicted molar refractivity (Wildman–Crippen MR) is 104 cm³/mol. The van der Waals surface area contributed by atoms with Crippen LogP contribution in [-0.4, -0.2) is 7.11 Å². The summed E-state index contributed by atoms with van der Waals surface area (Å²) in [4.78, 5) is 0. The van der Waals surface area contributed by atoms with E-state index in [0.29, 0.717) is 21.4 Å². The second-order valence-corrected chi connectivity index (χ2v) is 6.81. The molecule has 0 aliphatic carbocycles. The van der Waals surface area contributed by atoms with E-state index in [2.05, 4.69) is 0 Å². The average molecular weight is 396 g/mol. The molecule has 5 heteroatoms. The fraction of sp³-hybridized carbons (Fsp3) is 0.100. The van der Waals surface area contributed by atoms with Gasteiger partial charge < -0.3 is 4.74 Å². The van der Waals surface area contributed by atoms with Crippen molar-refractivity contribution in [3.8, 4) is 28.0 Å². The van der Waals surface area contributed by atoms with Crippen LogP contribution in [0.4, 0.5) is 4.39 Å². The van der Waals surface area contributed by atoms with Crippen molar-refractivity contribution >= 4 is 34.8 Å². The Labute approximate surface area is 160 Å². The number of benzene rings is 3. The normalized spacial score (nSPS) is 10.8. The maximum atomic E-state index is 13.8. The fourth-order valence-corrected chi connectivity index (χ4v) is 3.45. The molecule has 25 heavy (non-hydrogen) atoms. The zero-order valence-corrected chi connectivity index (χ0v) is 15.8. The average Bonchev–Trinajstić information content (AvgIpc) is 2.59. The summed E-state index contributed by atoms with van der Waals surface area (Å²) in [6.45, 7) is 1.92. The van der Waals surface area contributed by atoms with Crippen LogP contribution in [0.25, 0.3) is 22.3 Å². The summed E-state index contributed by atoms with van der Waals surface area (Å²) in [5.41, 5.74) is 3.87. The standard InChI is InChI=1S/C20H14Cl3FO/c1-11-8-15(16-9-12(21)6-7-19(16)25-2)17(22)10-14(11)13-4-3-5-18(24)20(13)23/h3-10H,1-2H3. The molecule has 0 aliphatic heterocycles. The molecule has 0 radical (unpaired) electrons. The van der Waals surface area contributed by atoms with Crippen molar-refractivity contribution < 1.29 is 9.13 Å². The Morgan fingerprint density at radius 1 is 0.840 bits per heavy atom. The summed E-state index contributed by atoms with van der Waals surface area (Å²) in [5, 5.41) is 1.16. The van der Waals surface area contributed by atoms with Gasteiger partial charge in [0.15, 0.2) is 0 Å². The molecule has 0 aliphatic rings. The molecular formula is C20H14Cl3FO. The largest absolute Gasteiger partial charge is 0.496 e. The minimum atomic E-state index is -0.463. The minimum Gasteiger partial charge on any atom is -0.496 e. The van der Waals surface area contributed by atoms with Crippen molar-refractivity contribution in [2.24, 2.45) is 0 Å². The molecule has 128 valence electrons. The fourth-order valence-electron chi connectivity index (χ4n) is 2.78. The maximum Gasteiger partial charge on any atom is 0.142 e. The maximum absolute atomic E-state index is 13.8. The van der Waals surface area contributed by atoms with Crippen LogP contribution in [0.5, 0.6) is 5.75 Å². The number of hydrogen-bond donors (Lipinski definition) is 0. The number of hydrogen-bond acceptors (Lipinski definition) is 1. The van der Waals surface area contributed by atoms with Crippen molar-refractivity contribution in [3.63, 3.8) is 0 Å². The minimum absolute atomic E-state index is 0.0785. The molecule has 0 amide bonds. The van der Waals surface area contributed by atoms with Gasteiger partial charge in [-0.1, -0.05) is 46.9 Å². The summed E-state index contributed by atoms with van der Waals surface area (Å²) >= 11 is 18.8. The van der Waals surface area contributed by atoms with Crippen LogP contribution in [0, 0.1) is 12.7 Å². The molecule has 3 aromatic carbocycles. The Morgan fingerprint density at radius 3 is 2.32 bits per heavy atom. The van der Waals surface area contributed by atoms with E-state index in [9.17, 15) is 4.39 Å². The first kappa shape index (κ1) is 18.1. The summed E-state index contributed by atoms with van der Waals surface area (Å²) in [5.74, 6) is 0.206. The lowest BCUT2D eigenvalue weighted by Crippen LogP contribution is -1.92. The Balaban J connectivity index is 2.20. The van der Waals surface area contributed by atoms with Gasteiger partial charge in [0.2, 0.25) is 0 Å². The highest BCUT2D eigenvalue weighted by Gasteiger charge is 2.16. The second-order valence-electron chi connectivity index (χ2n) is 5.59. The van der Waals surface area contributed by atoms with Gasteiger partial charge in [0.1, 0.15) is 11.6 Å². The van der Waals surface area contributed by atoms with E-state index in [1.165, 1.54) is 6.07 Å². The van der Waals surface area contributed by atoms with Gasteiger partial charge in [-0.2, -0.15) is 0 Å². The molecule has 0 N–H and O–H groups in total. The van der Waals surface area contributed by atoms with Crippen LogP contribution >= 0.6 is 34.8 Å². The predicted octanol–water partition coefficient (Wildman–Crippen LogP) is 7.44. The third-order valence-corrected chi connectivity index (χ3v) is 4.94. The van der Waals surface area contributed by atoms with Crippen LogP contribution in [0.15, 0.2) is 48.5 Å². The van der Waals surface area contributed by atoms with E-state index in [1.54, 1.807) is 43.5 Å². The van der Waals surface area contributed by atoms with Crippen molar-refractivity contribution in [1.82, 2.24) is 0 Å². The highest BCUT2D eigenvalue weighted by atomic mass is 35.5. The molecule has 0 spiro atoms. The molecule has 0 fully saturated rings. The highest BCUT2D eigenvalue weighted by Crippen LogP contribution is 2.41. The molecule has 3 rings (SSSR count). The number of aryl methyl sites for hydroxylation is 1. The van der Waals surface area contributed by atoms with E-state index < -0.39 is 5.82 Å². The molecular weight excluding hydrogens is 382 g/mol. The second kappa shape index (κ2) is 7.25. The zero-order chi connectivity index (χ0) is 18.1. The molecule has 0 saturated heterocycles. The summed E-state index contributed by atoms with van der Waals surface area (Å²) in [6, 6.07) is 13.8. The van der Waals surface area contributed by atoms with Gasteiger partial charge in [0.25, 0.3) is 0 Å². The van der Waals surface area contributed by atoms with Gasteiger partial charge >= 0.3 is 0 Å². The molecule has 0 aromatic heterocycles. The van der Waals surface area contributed by atoms with Crippen LogP contribution in [0.3, 0.4) is 0 Å². The van der Waals surface area contributed by atoms with Gasteiger partial charge in [-0.3, -0.25) is 0 Å². The number of rotatable bonds is 3. The Kier molecular flexibility index (Phi) is 5.24. The van der Waals surface area contributed by atoms with Gasteiger partial charge in [0, 0.05) is 26.7 Å². The van der Waals surface area contributed by atoms with Crippen LogP contribution < -0.4 is 4.74 Å². The van der Waals surface area contributed by atoms with Crippen molar-refractivity contribution in [3.05, 3.63) is 75.0 Å². The third-order valence-electron chi connectivity index (χ3n) is 4.01. The van der Waals surface area contributed by atoms with E-state index in [0.717, 1.165) is 22.3 Å². The van der Waals surface area contributed by atoms with Crippen LogP contribution in [0.1, 0.15) is 5.56 Å². The van der Waals surface area contributed by atoms with E-state index in [-0.39, 0.29) is 5.02 Å². The molecule has 1 nitrogen and oxygen atoms in total. The summed E-state index contributed by atoms with van der Waals surface area (Å²) in [7, 11) is 1.59. The summed E-state index contributed by atoms with van der Waals surface area (Å²) in [6.07, 6.45) is 0. The lowest BCUT2D eigenvalue weighted by Gasteiger charge is -2.15. The Bertz CT molecular complexity index is 954. The third kappa shape index (κ3) is 3.48. The van der Waals surface area contributed by atoms with Gasteiger partial charge in [0.05, 0.1) is 12.1 Å². The van der Waals surface area contributed by atoms with E-state index in [1.807, 2.05) is 13.0 Å². The quantitative estimate of drug-likeness (QED) is 0.448. The first-order chi connectivity index (χ1) is 11.9. The molecule has 0 heterocycles. The van der Waals surface area contributed by atoms with Crippen molar-refractivity contribution in [2.45, 2.75) is 6.92 Å². The first-order valence-electron chi connectivity index (χ1n) is 7.51. The summed E-state index contributed by atoms with van der Waals surface area (Å²) < 4.78 is 19.2. The highest BCUT2D eigenvalue weighted by molar-refractivity contribution is 6.35. The lowest BCUT2D eigenvalue weighted by molar-refractivity contribution is 0.416. The number of ether oxygens (including phenoxy) is 1. The SMILES string of the molecule is COc1ccc(Cl)cc1-c1cc(C)c(-c2cccc(F)c2Cl)cc1Cl. The first-order valence-corrected chi connectivity index (χ1v) is 8.64. The molecule has 3 aromatic rings. The topological polar surface area (TPSA) is 9.23 Å². The Morgan fingerprint density at radius 2 is 1.60 bits per heavy atom. The van der Waals surface area contributed by atoms with Crippen molar-refractivity contribution in [2.75, 3.05) is 7.11 Å². The van der Waals surface area contributed by atoms with Crippen molar-refractivity contribution in [1.29, 1.82) is 0 Å². The van der Waals surface area contributed by atoms with Gasteiger partial charge in [-0.05, 0) is 54.4 Å². The molecule has 0 atom stereocenters. The van der Waals surface area contributed by atoms with Gasteiger partial charge in [-0.25, -0.2) is 4.39 Å². The lowest BCUT2D eigenvalue weighted by atomic mass is 9.95. The monoisotopic (exact) mass is 394 g/mol. The van der Waals surface area contributed by atoms with Crippen LogP contribution in [-0.2, 0) is 0 Å². The Hall–Kier alpha value is -1.74. The number of methoxy groups -OCH3 is 1. The molecule has 0 unspecified atom stereocenters. The number of halogens is 4. The van der Waals surface area contributed by atoms with E-state index in [4.69, 9.17) is 39.5 Å². The zero-order valence-electron chi connectivity index (χ0n) is 13.5. The van der Waals surface area contributed by atoms with Gasteiger partial charge in [-0.15, -0.1) is 0 Å². The molecule has 0 saturated carbocycles. The van der Waals surface area contributed by atoms with Crippen LogP contribution in [0.2, 0.25) is 15.1 Å². The van der Waals surface area contributed by atoms with E-state index >= 15 is 0 Å². The molecule has 0 bridgehead atoms. The smallest absolute Gasteiger partial charge is 0.142 e.